The number of aromatic hydroxyl groups is 1. The number of hydrogen-bond donors (Lipinski definition) is 1. The van der Waals surface area contributed by atoms with Crippen LogP contribution in [-0.2, 0) is 0 Å². The first-order valence-electron chi connectivity index (χ1n) is 6.25. The van der Waals surface area contributed by atoms with E-state index in [9.17, 15) is 14.7 Å². The molecular weight excluding hydrogens is 266 g/mol. The molecule has 0 spiro atoms. The lowest BCUT2D eigenvalue weighted by Crippen LogP contribution is -2.00. The molecule has 3 rings (SSSR count). The molecule has 0 bridgehead atoms. The van der Waals surface area contributed by atoms with Gasteiger partial charge in [-0.25, -0.2) is 0 Å². The molecule has 0 radical (unpaired) electrons. The number of phenols is 1. The first-order valence-corrected chi connectivity index (χ1v) is 6.25. The Morgan fingerprint density at radius 3 is 2.29 bits per heavy atom. The molecule has 0 saturated carbocycles. The molecule has 2 aromatic rings. The van der Waals surface area contributed by atoms with E-state index in [0.717, 1.165) is 11.6 Å². The second kappa shape index (κ2) is 4.73. The SMILES string of the molecule is N#CC=C1C(=O)c2cccc(-c3ccc(O)cc3)c2C1=O. The number of rotatable bonds is 1. The van der Waals surface area contributed by atoms with Gasteiger partial charge in [0, 0.05) is 17.2 Å². The fourth-order valence-corrected chi connectivity index (χ4v) is 2.45. The molecule has 2 aromatic carbocycles. The summed E-state index contributed by atoms with van der Waals surface area (Å²) >= 11 is 0. The van der Waals surface area contributed by atoms with E-state index >= 15 is 0 Å². The largest absolute Gasteiger partial charge is 0.508 e. The van der Waals surface area contributed by atoms with Crippen molar-refractivity contribution in [3.05, 3.63) is 65.2 Å². The number of ketones is 2. The van der Waals surface area contributed by atoms with Crippen LogP contribution in [0.4, 0.5) is 0 Å². The highest BCUT2D eigenvalue weighted by atomic mass is 16.3. The third-order valence-corrected chi connectivity index (χ3v) is 3.41. The molecule has 0 atom stereocenters. The summed E-state index contributed by atoms with van der Waals surface area (Å²) in [5.74, 6) is -0.726. The molecule has 0 amide bonds. The Kier molecular flexibility index (Phi) is 2.89. The maximum absolute atomic E-state index is 12.4. The minimum atomic E-state index is -0.430. The average molecular weight is 275 g/mol. The summed E-state index contributed by atoms with van der Waals surface area (Å²) in [7, 11) is 0. The van der Waals surface area contributed by atoms with Gasteiger partial charge in [-0.3, -0.25) is 9.59 Å². The number of nitrogens with zero attached hydrogens (tertiary/aromatic N) is 1. The lowest BCUT2D eigenvalue weighted by atomic mass is 9.96. The lowest BCUT2D eigenvalue weighted by Gasteiger charge is -2.06. The zero-order chi connectivity index (χ0) is 15.0. The van der Waals surface area contributed by atoms with Crippen molar-refractivity contribution >= 4 is 11.6 Å². The number of carbonyl (C=O) groups is 2. The Morgan fingerprint density at radius 1 is 0.952 bits per heavy atom. The number of Topliss-reactive ketones (excluding diaryl/α,β-unsaturated/α-hetero) is 2. The number of phenolic OH excluding ortho intramolecular Hbond substituents is 1. The lowest BCUT2D eigenvalue weighted by molar-refractivity contribution is 0.0989. The topological polar surface area (TPSA) is 78.2 Å². The van der Waals surface area contributed by atoms with Crippen molar-refractivity contribution in [2.75, 3.05) is 0 Å². The van der Waals surface area contributed by atoms with Crippen molar-refractivity contribution in [1.29, 1.82) is 5.26 Å². The Morgan fingerprint density at radius 2 is 1.62 bits per heavy atom. The number of benzene rings is 2. The molecular formula is C17H9NO3. The molecule has 0 aliphatic heterocycles. The van der Waals surface area contributed by atoms with E-state index in [1.54, 1.807) is 36.4 Å². The molecule has 0 saturated heterocycles. The molecule has 1 aliphatic rings. The van der Waals surface area contributed by atoms with Crippen molar-refractivity contribution in [2.45, 2.75) is 0 Å². The second-order valence-corrected chi connectivity index (χ2v) is 4.62. The summed E-state index contributed by atoms with van der Waals surface area (Å²) < 4.78 is 0. The number of allylic oxidation sites excluding steroid dienone is 2. The fourth-order valence-electron chi connectivity index (χ4n) is 2.45. The summed E-state index contributed by atoms with van der Waals surface area (Å²) in [6, 6.07) is 13.1. The van der Waals surface area contributed by atoms with Crippen molar-refractivity contribution in [3.63, 3.8) is 0 Å². The number of nitriles is 1. The predicted octanol–water partition coefficient (Wildman–Crippen LogP) is 2.89. The highest BCUT2D eigenvalue weighted by molar-refractivity contribution is 6.41. The van der Waals surface area contributed by atoms with Crippen LogP contribution in [0.2, 0.25) is 0 Å². The van der Waals surface area contributed by atoms with Gasteiger partial charge in [-0.2, -0.15) is 5.26 Å². The first-order chi connectivity index (χ1) is 10.1. The van der Waals surface area contributed by atoms with Crippen molar-refractivity contribution in [1.82, 2.24) is 0 Å². The number of fused-ring (bicyclic) bond motifs is 1. The van der Waals surface area contributed by atoms with E-state index in [2.05, 4.69) is 0 Å². The van der Waals surface area contributed by atoms with Gasteiger partial charge in [-0.15, -0.1) is 0 Å². The van der Waals surface area contributed by atoms with Crippen LogP contribution in [0, 0.1) is 11.3 Å². The molecule has 4 heteroatoms. The summed E-state index contributed by atoms with van der Waals surface area (Å²) in [5, 5.41) is 18.0. The highest BCUT2D eigenvalue weighted by Gasteiger charge is 2.35. The first kappa shape index (κ1) is 12.8. The van der Waals surface area contributed by atoms with Crippen LogP contribution in [-0.4, -0.2) is 16.7 Å². The van der Waals surface area contributed by atoms with Crippen LogP contribution in [0.1, 0.15) is 20.7 Å². The molecule has 0 unspecified atom stereocenters. The standard InChI is InChI=1S/C17H9NO3/c18-9-8-14-16(20)13-3-1-2-12(15(13)17(14)21)10-4-6-11(19)7-5-10/h1-8,19H. The Hall–Kier alpha value is -3.19. The van der Waals surface area contributed by atoms with Gasteiger partial charge in [0.2, 0.25) is 0 Å². The monoisotopic (exact) mass is 275 g/mol. The highest BCUT2D eigenvalue weighted by Crippen LogP contribution is 2.35. The van der Waals surface area contributed by atoms with Crippen LogP contribution in [0.25, 0.3) is 11.1 Å². The molecule has 1 aliphatic carbocycles. The van der Waals surface area contributed by atoms with E-state index in [4.69, 9.17) is 5.26 Å². The normalized spacial score (nSPS) is 15.1. The molecule has 4 nitrogen and oxygen atoms in total. The van der Waals surface area contributed by atoms with Crippen LogP contribution in [0.3, 0.4) is 0 Å². The minimum absolute atomic E-state index is 0.0984. The summed E-state index contributed by atoms with van der Waals surface area (Å²) in [6.45, 7) is 0. The maximum atomic E-state index is 12.4. The molecule has 0 fully saturated rings. The van der Waals surface area contributed by atoms with Crippen molar-refractivity contribution < 1.29 is 14.7 Å². The van der Waals surface area contributed by atoms with Crippen LogP contribution in [0.5, 0.6) is 5.75 Å². The molecule has 0 aromatic heterocycles. The average Bonchev–Trinajstić information content (AvgIpc) is 2.74. The van der Waals surface area contributed by atoms with Gasteiger partial charge < -0.3 is 5.11 Å². The summed E-state index contributed by atoms with van der Waals surface area (Å²) in [5.41, 5.74) is 1.87. The zero-order valence-corrected chi connectivity index (χ0v) is 10.8. The quantitative estimate of drug-likeness (QED) is 0.493. The van der Waals surface area contributed by atoms with Gasteiger partial charge in [0.05, 0.1) is 11.6 Å². The number of carbonyl (C=O) groups excluding carboxylic acids is 2. The van der Waals surface area contributed by atoms with Gasteiger partial charge in [0.15, 0.2) is 11.6 Å². The fraction of sp³-hybridized carbons (Fsp3) is 0. The third kappa shape index (κ3) is 1.92. The molecule has 100 valence electrons. The Bertz CT molecular complexity index is 839. The van der Waals surface area contributed by atoms with Gasteiger partial charge in [0.25, 0.3) is 0 Å². The predicted molar refractivity (Wildman–Crippen MR) is 75.9 cm³/mol. The van der Waals surface area contributed by atoms with E-state index in [-0.39, 0.29) is 11.3 Å². The second-order valence-electron chi connectivity index (χ2n) is 4.62. The van der Waals surface area contributed by atoms with Gasteiger partial charge in [-0.1, -0.05) is 30.3 Å². The van der Waals surface area contributed by atoms with Crippen molar-refractivity contribution in [2.24, 2.45) is 0 Å². The van der Waals surface area contributed by atoms with Crippen LogP contribution < -0.4 is 0 Å². The van der Waals surface area contributed by atoms with E-state index in [1.807, 2.05) is 0 Å². The molecule has 1 N–H and O–H groups in total. The Labute approximate surface area is 120 Å². The summed E-state index contributed by atoms with van der Waals surface area (Å²) in [6.07, 6.45) is 0.991. The van der Waals surface area contributed by atoms with E-state index in [0.29, 0.717) is 16.7 Å². The minimum Gasteiger partial charge on any atom is -0.508 e. The summed E-state index contributed by atoms with van der Waals surface area (Å²) in [4.78, 5) is 24.5. The van der Waals surface area contributed by atoms with E-state index in [1.165, 1.54) is 12.1 Å². The van der Waals surface area contributed by atoms with Crippen LogP contribution >= 0.6 is 0 Å². The van der Waals surface area contributed by atoms with Crippen molar-refractivity contribution in [3.8, 4) is 22.9 Å². The van der Waals surface area contributed by atoms with Gasteiger partial charge in [-0.05, 0) is 23.3 Å². The zero-order valence-electron chi connectivity index (χ0n) is 10.8. The van der Waals surface area contributed by atoms with E-state index < -0.39 is 11.6 Å². The maximum Gasteiger partial charge on any atom is 0.199 e. The molecule has 21 heavy (non-hydrogen) atoms. The smallest absolute Gasteiger partial charge is 0.199 e. The number of hydrogen-bond acceptors (Lipinski definition) is 4. The molecule has 0 heterocycles. The Balaban J connectivity index is 2.24. The van der Waals surface area contributed by atoms with Gasteiger partial charge in [0.1, 0.15) is 5.75 Å². The third-order valence-electron chi connectivity index (χ3n) is 3.41. The van der Waals surface area contributed by atoms with Gasteiger partial charge >= 0.3 is 0 Å². The van der Waals surface area contributed by atoms with Crippen LogP contribution in [0.15, 0.2) is 54.1 Å².